The molecular weight excluding hydrogens is 796 g/mol. The predicted molar refractivity (Wildman–Crippen MR) is 217 cm³/mol. The highest BCUT2D eigenvalue weighted by Crippen LogP contribution is 2.48. The Balaban J connectivity index is 0.971. The maximum Gasteiger partial charge on any atom is 0.417 e. The van der Waals surface area contributed by atoms with Crippen molar-refractivity contribution >= 4 is 22.4 Å². The Morgan fingerprint density at radius 1 is 1.03 bits per heavy atom. The van der Waals surface area contributed by atoms with Crippen molar-refractivity contribution in [1.82, 2.24) is 25.2 Å². The lowest BCUT2D eigenvalue weighted by atomic mass is 9.94. The number of aromatic nitrogens is 3. The Hall–Kier alpha value is -5.63. The molecule has 316 valence electrons. The molecule has 11 nitrogen and oxygen atoms in total. The van der Waals surface area contributed by atoms with Crippen molar-refractivity contribution in [1.29, 1.82) is 5.26 Å². The molecule has 5 aliphatic rings. The largest absolute Gasteiger partial charge is 0.472 e. The van der Waals surface area contributed by atoms with Gasteiger partial charge >= 0.3 is 12.2 Å². The number of nitrogen functional groups attached to an aromatic ring is 1. The highest BCUT2D eigenvalue weighted by Gasteiger charge is 2.51. The third-order valence-corrected chi connectivity index (χ3v) is 13.3. The number of fused-ring (bicyclic) bond motifs is 6. The van der Waals surface area contributed by atoms with Crippen LogP contribution in [-0.2, 0) is 17.5 Å². The van der Waals surface area contributed by atoms with Gasteiger partial charge in [0.25, 0.3) is 0 Å². The molecular formula is C45H43F5N8O3. The Bertz CT molecular complexity index is 2600. The number of hydrogen-bond acceptors (Lipinski definition) is 11. The van der Waals surface area contributed by atoms with Crippen LogP contribution in [0.2, 0.25) is 0 Å². The van der Waals surface area contributed by atoms with E-state index in [1.54, 1.807) is 6.07 Å². The monoisotopic (exact) mass is 838 g/mol. The van der Waals surface area contributed by atoms with E-state index in [1.165, 1.54) is 0 Å². The van der Waals surface area contributed by atoms with Crippen molar-refractivity contribution in [3.8, 4) is 40.3 Å². The molecule has 0 spiro atoms. The predicted octanol–water partition coefficient (Wildman–Crippen LogP) is 7.71. The second-order valence-corrected chi connectivity index (χ2v) is 17.0. The van der Waals surface area contributed by atoms with Crippen LogP contribution in [0.15, 0.2) is 54.6 Å². The van der Waals surface area contributed by atoms with E-state index in [1.807, 2.05) is 49.4 Å². The Morgan fingerprint density at radius 2 is 1.84 bits per heavy atom. The number of rotatable bonds is 8. The Kier molecular flexibility index (Phi) is 9.57. The molecule has 2 bridgehead atoms. The molecule has 0 radical (unpaired) electrons. The first-order chi connectivity index (χ1) is 29.3. The summed E-state index contributed by atoms with van der Waals surface area (Å²) in [7, 11) is 0. The third kappa shape index (κ3) is 6.68. The normalized spacial score (nSPS) is 25.5. The van der Waals surface area contributed by atoms with E-state index in [2.05, 4.69) is 31.2 Å². The van der Waals surface area contributed by atoms with E-state index in [0.717, 1.165) is 61.9 Å². The third-order valence-electron chi connectivity index (χ3n) is 13.3. The molecule has 0 amide bonds. The summed E-state index contributed by atoms with van der Waals surface area (Å²) in [4.78, 5) is 18.3. The molecule has 7 heterocycles. The molecule has 3 aromatic carbocycles. The molecule has 0 aliphatic carbocycles. The molecule has 0 saturated carbocycles. The molecule has 5 aliphatic heterocycles. The van der Waals surface area contributed by atoms with Gasteiger partial charge in [-0.1, -0.05) is 42.5 Å². The van der Waals surface area contributed by atoms with Crippen molar-refractivity contribution in [3.05, 3.63) is 88.5 Å². The minimum absolute atomic E-state index is 0.0118. The van der Waals surface area contributed by atoms with E-state index in [9.17, 15) is 22.8 Å². The van der Waals surface area contributed by atoms with Crippen molar-refractivity contribution in [2.24, 2.45) is 0 Å². The fourth-order valence-electron chi connectivity index (χ4n) is 10.5. The van der Waals surface area contributed by atoms with Crippen LogP contribution in [0, 0.1) is 29.9 Å². The lowest BCUT2D eigenvalue weighted by Gasteiger charge is -2.42. The molecule has 3 N–H and O–H groups in total. The quantitative estimate of drug-likeness (QED) is 0.118. The van der Waals surface area contributed by atoms with Gasteiger partial charge in [-0.05, 0) is 86.9 Å². The van der Waals surface area contributed by atoms with Crippen LogP contribution in [0.1, 0.15) is 61.3 Å². The van der Waals surface area contributed by atoms with Crippen LogP contribution in [0.3, 0.4) is 0 Å². The summed E-state index contributed by atoms with van der Waals surface area (Å²) >= 11 is 0. The van der Waals surface area contributed by atoms with Crippen LogP contribution >= 0.6 is 0 Å². The van der Waals surface area contributed by atoms with Gasteiger partial charge in [-0.25, -0.2) is 13.8 Å². The molecule has 6 atom stereocenters. The van der Waals surface area contributed by atoms with Crippen LogP contribution in [0.5, 0.6) is 11.9 Å². The molecule has 5 aromatic rings. The van der Waals surface area contributed by atoms with Crippen molar-refractivity contribution in [2.75, 3.05) is 36.9 Å². The topological polar surface area (TPSA) is 135 Å². The number of nitrogens with one attached hydrogen (secondary N) is 1. The lowest BCUT2D eigenvalue weighted by molar-refractivity contribution is -0.137. The SMILES string of the molecule is Cc1c(F)c(N)cc(-c2nc3c4c(nc(OC[C@@]56CCCN5C[C@H](OCc5ccc(-c7ccccc7C#N)cc5)C6)nc4c2F)N2C[C@H]4CC[C@H](N4)[C@H]2[C@H](C)O3)c1C(F)(F)F. The van der Waals surface area contributed by atoms with E-state index < -0.39 is 57.5 Å². The summed E-state index contributed by atoms with van der Waals surface area (Å²) < 4.78 is 95.3. The van der Waals surface area contributed by atoms with Gasteiger partial charge in [0.15, 0.2) is 5.82 Å². The average molecular weight is 839 g/mol. The van der Waals surface area contributed by atoms with Crippen molar-refractivity contribution in [2.45, 2.75) is 94.6 Å². The van der Waals surface area contributed by atoms with Gasteiger partial charge in [0.2, 0.25) is 5.88 Å². The zero-order valence-corrected chi connectivity index (χ0v) is 33.5. The number of alkyl halides is 3. The summed E-state index contributed by atoms with van der Waals surface area (Å²) in [5.74, 6) is -2.19. The number of ether oxygens (including phenoxy) is 3. The zero-order chi connectivity index (χ0) is 42.4. The van der Waals surface area contributed by atoms with Crippen LogP contribution in [0.4, 0.5) is 33.5 Å². The summed E-state index contributed by atoms with van der Waals surface area (Å²) in [6.45, 7) is 5.44. The Morgan fingerprint density at radius 3 is 2.62 bits per heavy atom. The molecule has 4 fully saturated rings. The number of piperazine rings is 1. The van der Waals surface area contributed by atoms with E-state index >= 15 is 4.39 Å². The van der Waals surface area contributed by atoms with Gasteiger partial charge < -0.3 is 30.2 Å². The number of anilines is 2. The van der Waals surface area contributed by atoms with Crippen LogP contribution in [-0.4, -0.2) is 82.0 Å². The average Bonchev–Trinajstić information content (AvgIpc) is 3.91. The smallest absolute Gasteiger partial charge is 0.417 e. The van der Waals surface area contributed by atoms with Gasteiger partial charge in [-0.2, -0.15) is 28.4 Å². The second kappa shape index (κ2) is 14.8. The highest BCUT2D eigenvalue weighted by molar-refractivity contribution is 5.97. The van der Waals surface area contributed by atoms with Gasteiger partial charge in [0, 0.05) is 30.7 Å². The number of benzene rings is 3. The lowest BCUT2D eigenvalue weighted by Crippen LogP contribution is -2.62. The first kappa shape index (κ1) is 39.5. The maximum atomic E-state index is 17.1. The molecule has 2 aromatic heterocycles. The van der Waals surface area contributed by atoms with Crippen LogP contribution < -0.4 is 25.4 Å². The Labute approximate surface area is 348 Å². The van der Waals surface area contributed by atoms with E-state index in [0.29, 0.717) is 37.5 Å². The fourth-order valence-corrected chi connectivity index (χ4v) is 10.5. The highest BCUT2D eigenvalue weighted by atomic mass is 19.4. The molecule has 16 heteroatoms. The number of nitrogens with two attached hydrogens (primary N) is 1. The standard InChI is InChI=1S/C45H43F5N8O3/c1-23-35(45(48,49)50)31(16-32(52)36(23)46)38-37(47)39-34-41(58-19-28-12-13-33(53-28)40(58)24(2)61-42(34)54-38)56-43(55-39)60-22-44-14-5-15-57(44)20-29(17-44)59-21-25-8-10-26(11-9-25)30-7-4-3-6-27(30)18-51/h3-4,6-11,16,24,28-29,33,40,53H,5,12-15,17,19-22,52H2,1-2H3/t24-,28+,29+,33-,40+,44-/m0/s1. The van der Waals surface area contributed by atoms with Gasteiger partial charge in [0.1, 0.15) is 40.9 Å². The first-order valence-electron chi connectivity index (χ1n) is 20.7. The first-order valence-corrected chi connectivity index (χ1v) is 20.7. The molecule has 0 unspecified atom stereocenters. The number of hydrogen-bond donors (Lipinski definition) is 2. The molecule has 61 heavy (non-hydrogen) atoms. The van der Waals surface area contributed by atoms with Gasteiger partial charge in [-0.3, -0.25) is 4.90 Å². The summed E-state index contributed by atoms with van der Waals surface area (Å²) in [5.41, 5.74) is 4.38. The minimum atomic E-state index is -5.07. The molecule has 4 saturated heterocycles. The zero-order valence-electron chi connectivity index (χ0n) is 33.5. The van der Waals surface area contributed by atoms with Gasteiger partial charge in [-0.15, -0.1) is 0 Å². The van der Waals surface area contributed by atoms with E-state index in [4.69, 9.17) is 24.9 Å². The van der Waals surface area contributed by atoms with Crippen molar-refractivity contribution < 1.29 is 36.2 Å². The second-order valence-electron chi connectivity index (χ2n) is 17.0. The summed E-state index contributed by atoms with van der Waals surface area (Å²) in [5, 5.41) is 13.3. The van der Waals surface area contributed by atoms with Crippen molar-refractivity contribution in [3.63, 3.8) is 0 Å². The fraction of sp³-hybridized carbons (Fsp3) is 0.422. The van der Waals surface area contributed by atoms with Gasteiger partial charge in [0.05, 0.1) is 47.2 Å². The number of pyridine rings is 1. The summed E-state index contributed by atoms with van der Waals surface area (Å²) in [6.07, 6.45) is -1.46. The summed E-state index contributed by atoms with van der Waals surface area (Å²) in [6, 6.07) is 18.3. The van der Waals surface area contributed by atoms with Crippen LogP contribution in [0.25, 0.3) is 33.3 Å². The number of nitrogens with zero attached hydrogens (tertiary/aromatic N) is 6. The minimum Gasteiger partial charge on any atom is -0.472 e. The molecule has 10 rings (SSSR count). The number of nitriles is 1. The maximum absolute atomic E-state index is 17.1. The van der Waals surface area contributed by atoms with E-state index in [-0.39, 0.29) is 53.6 Å². The number of halogens is 5.